The molecule has 0 spiro atoms. The van der Waals surface area contributed by atoms with E-state index in [0.717, 1.165) is 30.0 Å². The number of carbonyl (C=O) groups excluding carboxylic acids is 1. The molecule has 15 heteroatoms. The number of aromatic nitrogens is 2. The lowest BCUT2D eigenvalue weighted by Crippen LogP contribution is -2.58. The first-order valence-electron chi connectivity index (χ1n) is 13.4. The highest BCUT2D eigenvalue weighted by Gasteiger charge is 2.39. The number of carbonyl (C=O) groups is 1. The van der Waals surface area contributed by atoms with E-state index in [0.29, 0.717) is 6.08 Å². The van der Waals surface area contributed by atoms with E-state index in [9.17, 15) is 31.5 Å². The second-order valence-corrected chi connectivity index (χ2v) is 11.7. The second kappa shape index (κ2) is 13.8. The Kier molecular flexibility index (Phi) is 10.6. The van der Waals surface area contributed by atoms with E-state index >= 15 is 0 Å². The molecular weight excluding hydrogens is 631 g/mol. The fourth-order valence-corrected chi connectivity index (χ4v) is 6.96. The predicted molar refractivity (Wildman–Crippen MR) is 160 cm³/mol. The largest absolute Gasteiger partial charge is 0.417 e. The van der Waals surface area contributed by atoms with Gasteiger partial charge >= 0.3 is 11.9 Å². The topological polar surface area (TPSA) is 76.9 Å². The zero-order chi connectivity index (χ0) is 32.3. The molecule has 0 radical (unpaired) electrons. The number of benzene rings is 1. The van der Waals surface area contributed by atoms with Crippen LogP contribution in [0.5, 0.6) is 0 Å². The summed E-state index contributed by atoms with van der Waals surface area (Å²) in [6.45, 7) is 7.48. The molecule has 1 aromatic heterocycles. The van der Waals surface area contributed by atoms with Crippen LogP contribution in [0.25, 0.3) is 17.0 Å². The number of anilines is 1. The SMILES string of the molecule is C=CC(=O)N1C(C)CN(c2nc(=O)n3c4c(c(/C=C/C(Cl)=C(F)\C=C\F)c(C(F)(F)F)cc24)SCC3COCOC)CC1C. The van der Waals surface area contributed by atoms with Crippen molar-refractivity contribution in [2.45, 2.75) is 43.0 Å². The maximum Gasteiger partial charge on any atom is 0.417 e. The van der Waals surface area contributed by atoms with Crippen molar-refractivity contribution in [3.8, 4) is 0 Å². The maximum absolute atomic E-state index is 14.6. The first kappa shape index (κ1) is 33.7. The molecule has 2 aromatic rings. The Balaban J connectivity index is 2.00. The lowest BCUT2D eigenvalue weighted by molar-refractivity contribution is -0.137. The predicted octanol–water partition coefficient (Wildman–Crippen LogP) is 6.21. The van der Waals surface area contributed by atoms with Gasteiger partial charge in [0.2, 0.25) is 5.91 Å². The van der Waals surface area contributed by atoms with Crippen molar-refractivity contribution in [2.75, 3.05) is 44.3 Å². The molecule has 8 nitrogen and oxygen atoms in total. The van der Waals surface area contributed by atoms with Crippen LogP contribution in [0.3, 0.4) is 0 Å². The summed E-state index contributed by atoms with van der Waals surface area (Å²) in [4.78, 5) is 33.8. The Morgan fingerprint density at radius 1 is 1.25 bits per heavy atom. The number of amides is 1. The summed E-state index contributed by atoms with van der Waals surface area (Å²) in [5.41, 5.74) is -1.89. The number of piperazine rings is 1. The van der Waals surface area contributed by atoms with Crippen molar-refractivity contribution >= 4 is 52.1 Å². The molecule has 2 aliphatic rings. The number of halogens is 6. The normalized spacial score (nSPS) is 21.4. The molecule has 1 aromatic carbocycles. The van der Waals surface area contributed by atoms with Gasteiger partial charge in [0.1, 0.15) is 18.4 Å². The minimum atomic E-state index is -4.87. The van der Waals surface area contributed by atoms with Gasteiger partial charge in [-0.3, -0.25) is 9.36 Å². The number of thioether (sulfide) groups is 1. The third kappa shape index (κ3) is 6.72. The van der Waals surface area contributed by atoms with E-state index < -0.39 is 34.3 Å². The van der Waals surface area contributed by atoms with Crippen molar-refractivity contribution in [3.63, 3.8) is 0 Å². The monoisotopic (exact) mass is 660 g/mol. The minimum Gasteiger partial charge on any atom is -0.359 e. The number of hydrogen-bond donors (Lipinski definition) is 0. The van der Waals surface area contributed by atoms with Gasteiger partial charge in [-0.2, -0.15) is 18.2 Å². The summed E-state index contributed by atoms with van der Waals surface area (Å²) >= 11 is 6.96. The quantitative estimate of drug-likeness (QED) is 0.104. The van der Waals surface area contributed by atoms with Crippen LogP contribution < -0.4 is 10.6 Å². The lowest BCUT2D eigenvalue weighted by Gasteiger charge is -2.45. The molecule has 3 heterocycles. The van der Waals surface area contributed by atoms with Gasteiger partial charge < -0.3 is 19.3 Å². The molecule has 2 aliphatic heterocycles. The highest BCUT2D eigenvalue weighted by atomic mass is 35.5. The molecule has 1 fully saturated rings. The van der Waals surface area contributed by atoms with Crippen LogP contribution in [0.15, 0.2) is 57.8 Å². The second-order valence-electron chi connectivity index (χ2n) is 10.3. The molecule has 0 saturated carbocycles. The van der Waals surface area contributed by atoms with Crippen molar-refractivity contribution in [2.24, 2.45) is 0 Å². The van der Waals surface area contributed by atoms with Crippen molar-refractivity contribution in [1.29, 1.82) is 0 Å². The fourth-order valence-electron chi connectivity index (χ4n) is 5.55. The number of ether oxygens (including phenoxy) is 2. The number of methoxy groups -OCH3 is 1. The zero-order valence-corrected chi connectivity index (χ0v) is 25.6. The smallest absolute Gasteiger partial charge is 0.359 e. The van der Waals surface area contributed by atoms with Crippen LogP contribution in [0.4, 0.5) is 27.8 Å². The van der Waals surface area contributed by atoms with E-state index in [2.05, 4.69) is 11.6 Å². The van der Waals surface area contributed by atoms with Crippen LogP contribution in [0, 0.1) is 0 Å². The summed E-state index contributed by atoms with van der Waals surface area (Å²) < 4.78 is 82.2. The van der Waals surface area contributed by atoms with Gasteiger partial charge in [-0.1, -0.05) is 24.3 Å². The molecule has 0 aliphatic carbocycles. The fraction of sp³-hybridized carbons (Fsp3) is 0.414. The molecule has 4 rings (SSSR count). The van der Waals surface area contributed by atoms with Crippen molar-refractivity contribution < 1.29 is 36.2 Å². The third-order valence-corrected chi connectivity index (χ3v) is 8.83. The van der Waals surface area contributed by atoms with E-state index in [4.69, 9.17) is 21.1 Å². The Labute approximate surface area is 259 Å². The van der Waals surface area contributed by atoms with E-state index in [1.807, 2.05) is 0 Å². The molecule has 1 saturated heterocycles. The Bertz CT molecular complexity index is 1580. The molecule has 0 N–H and O–H groups in total. The Hall–Kier alpha value is -3.20. The number of rotatable bonds is 9. The molecule has 44 heavy (non-hydrogen) atoms. The molecule has 238 valence electrons. The zero-order valence-electron chi connectivity index (χ0n) is 24.0. The number of allylic oxidation sites excluding steroid dienone is 4. The molecule has 0 bridgehead atoms. The van der Waals surface area contributed by atoms with Crippen LogP contribution in [0.1, 0.15) is 31.0 Å². The Morgan fingerprint density at radius 2 is 1.93 bits per heavy atom. The van der Waals surface area contributed by atoms with Gasteiger partial charge in [-0.25, -0.2) is 13.6 Å². The maximum atomic E-state index is 14.6. The van der Waals surface area contributed by atoms with Gasteiger partial charge in [0, 0.05) is 60.0 Å². The van der Waals surface area contributed by atoms with Gasteiger partial charge in [-0.05, 0) is 32.1 Å². The molecule has 3 atom stereocenters. The van der Waals surface area contributed by atoms with Crippen LogP contribution in [-0.4, -0.2) is 71.8 Å². The summed E-state index contributed by atoms with van der Waals surface area (Å²) in [7, 11) is 1.43. The first-order chi connectivity index (χ1) is 20.8. The summed E-state index contributed by atoms with van der Waals surface area (Å²) in [6.07, 6.45) is -1.42. The summed E-state index contributed by atoms with van der Waals surface area (Å²) in [5, 5.41) is -0.544. The number of hydrogen-bond acceptors (Lipinski definition) is 7. The minimum absolute atomic E-state index is 0.0221. The lowest BCUT2D eigenvalue weighted by atomic mass is 10.0. The van der Waals surface area contributed by atoms with E-state index in [1.54, 1.807) is 23.6 Å². The van der Waals surface area contributed by atoms with E-state index in [1.165, 1.54) is 17.8 Å². The Morgan fingerprint density at radius 3 is 2.52 bits per heavy atom. The van der Waals surface area contributed by atoms with Crippen LogP contribution in [0.2, 0.25) is 0 Å². The van der Waals surface area contributed by atoms with E-state index in [-0.39, 0.29) is 83.7 Å². The van der Waals surface area contributed by atoms with Crippen molar-refractivity contribution in [3.05, 3.63) is 69.7 Å². The van der Waals surface area contributed by atoms with Gasteiger partial charge in [0.25, 0.3) is 0 Å². The van der Waals surface area contributed by atoms with Gasteiger partial charge in [-0.15, -0.1) is 11.8 Å². The molecular formula is C29H30ClF5N4O4S. The standard InChI is InChI=1S/C29H30ClF5N4O4S/c1-5-24(40)38-16(2)11-37(12-17(38)3)27-20-10-21(29(33,34)35)19(6-7-22(30)23(32)8-9-31)26-25(20)39(28(41)36-27)18(14-44-26)13-43-15-42-4/h5-10,16-18H,1,11-15H2,2-4H3/b7-6+,9-8+,23-22-. The van der Waals surface area contributed by atoms with Crippen molar-refractivity contribution in [1.82, 2.24) is 14.5 Å². The summed E-state index contributed by atoms with van der Waals surface area (Å²) in [6, 6.07) is -0.413. The number of nitrogens with zero attached hydrogens (tertiary/aromatic N) is 4. The van der Waals surface area contributed by atoms with Gasteiger partial charge in [0.05, 0.1) is 35.1 Å². The molecule has 1 amide bonds. The highest BCUT2D eigenvalue weighted by Crippen LogP contribution is 2.47. The third-order valence-electron chi connectivity index (χ3n) is 7.27. The molecule has 3 unspecified atom stereocenters. The average Bonchev–Trinajstić information content (AvgIpc) is 2.97. The average molecular weight is 661 g/mol. The first-order valence-corrected chi connectivity index (χ1v) is 14.8. The van der Waals surface area contributed by atoms with Gasteiger partial charge in [0.15, 0.2) is 0 Å². The van der Waals surface area contributed by atoms with Crippen LogP contribution in [-0.2, 0) is 20.4 Å². The highest BCUT2D eigenvalue weighted by molar-refractivity contribution is 7.99. The number of alkyl halides is 3. The summed E-state index contributed by atoms with van der Waals surface area (Å²) in [5.74, 6) is -1.26. The van der Waals surface area contributed by atoms with Crippen LogP contribution >= 0.6 is 23.4 Å².